The molecule has 0 bridgehead atoms. The minimum atomic E-state index is 0.444. The maximum absolute atomic E-state index is 2.29. The molecule has 1 unspecified atom stereocenters. The quantitative estimate of drug-likeness (QED) is 0.522. The Bertz CT molecular complexity index is 751. The van der Waals surface area contributed by atoms with Crippen LogP contribution in [0.2, 0.25) is 0 Å². The molecule has 0 aliphatic carbocycles. The Balaban J connectivity index is 1.78. The molecule has 0 heterocycles. The van der Waals surface area contributed by atoms with Gasteiger partial charge in [0.25, 0.3) is 0 Å². The van der Waals surface area contributed by atoms with E-state index in [1.54, 1.807) is 0 Å². The van der Waals surface area contributed by atoms with Crippen LogP contribution in [0.3, 0.4) is 0 Å². The summed E-state index contributed by atoms with van der Waals surface area (Å²) >= 11 is 1.81. The maximum atomic E-state index is 2.29. The van der Waals surface area contributed by atoms with Crippen LogP contribution in [-0.4, -0.2) is 25.5 Å². The fourth-order valence-electron chi connectivity index (χ4n) is 2.99. The van der Waals surface area contributed by atoms with Crippen LogP contribution in [0.4, 0.5) is 0 Å². The first-order chi connectivity index (χ1) is 12.2. The Morgan fingerprint density at radius 3 is 1.80 bits per heavy atom. The maximum Gasteiger partial charge on any atom is 0.0122 e. The predicted octanol–water partition coefficient (Wildman–Crippen LogP) is 5.92. The summed E-state index contributed by atoms with van der Waals surface area (Å²) in [6.07, 6.45) is 1.13. The molecule has 25 heavy (non-hydrogen) atoms. The van der Waals surface area contributed by atoms with Crippen LogP contribution < -0.4 is 0 Å². The average Bonchev–Trinajstić information content (AvgIpc) is 2.65. The lowest BCUT2D eigenvalue weighted by atomic mass is 9.88. The van der Waals surface area contributed by atoms with Crippen molar-refractivity contribution in [2.75, 3.05) is 20.6 Å². The Hall–Kier alpha value is -2.03. The van der Waals surface area contributed by atoms with Gasteiger partial charge >= 0.3 is 0 Å². The summed E-state index contributed by atoms with van der Waals surface area (Å²) in [7, 11) is 4.28. The van der Waals surface area contributed by atoms with Crippen molar-refractivity contribution in [2.45, 2.75) is 22.1 Å². The van der Waals surface area contributed by atoms with E-state index in [1.165, 1.54) is 20.9 Å². The van der Waals surface area contributed by atoms with Gasteiger partial charge in [-0.15, -0.1) is 0 Å². The lowest BCUT2D eigenvalue weighted by Gasteiger charge is -2.20. The monoisotopic (exact) mass is 347 g/mol. The molecule has 3 rings (SSSR count). The van der Waals surface area contributed by atoms with Gasteiger partial charge in [-0.1, -0.05) is 72.4 Å². The molecule has 0 N–H and O–H groups in total. The van der Waals surface area contributed by atoms with Gasteiger partial charge in [-0.3, -0.25) is 0 Å². The average molecular weight is 348 g/mol. The van der Waals surface area contributed by atoms with Crippen molar-refractivity contribution in [3.63, 3.8) is 0 Å². The van der Waals surface area contributed by atoms with E-state index in [2.05, 4.69) is 104 Å². The van der Waals surface area contributed by atoms with Gasteiger partial charge in [0.05, 0.1) is 0 Å². The second kappa shape index (κ2) is 8.89. The van der Waals surface area contributed by atoms with Crippen LogP contribution in [0.15, 0.2) is 94.7 Å². The predicted molar refractivity (Wildman–Crippen MR) is 108 cm³/mol. The van der Waals surface area contributed by atoms with E-state index in [0.29, 0.717) is 5.92 Å². The van der Waals surface area contributed by atoms with Crippen molar-refractivity contribution in [3.8, 4) is 0 Å². The minimum Gasteiger partial charge on any atom is -0.309 e. The van der Waals surface area contributed by atoms with Crippen LogP contribution >= 0.6 is 11.8 Å². The molecule has 0 radical (unpaired) electrons. The Morgan fingerprint density at radius 2 is 1.20 bits per heavy atom. The van der Waals surface area contributed by atoms with E-state index in [4.69, 9.17) is 0 Å². The summed E-state index contributed by atoms with van der Waals surface area (Å²) in [5.74, 6) is 0.444. The number of nitrogens with zero attached hydrogens (tertiary/aromatic N) is 1. The molecule has 0 saturated carbocycles. The van der Waals surface area contributed by atoms with Gasteiger partial charge in [-0.05, 0) is 62.5 Å². The van der Waals surface area contributed by atoms with E-state index in [9.17, 15) is 0 Å². The van der Waals surface area contributed by atoms with Crippen molar-refractivity contribution in [1.82, 2.24) is 4.90 Å². The summed E-state index contributed by atoms with van der Waals surface area (Å²) in [6.45, 7) is 1.08. The molecule has 2 heteroatoms. The molecule has 1 atom stereocenters. The molecule has 0 aliphatic heterocycles. The molecule has 0 amide bonds. The van der Waals surface area contributed by atoms with Crippen molar-refractivity contribution in [3.05, 3.63) is 96.1 Å². The minimum absolute atomic E-state index is 0.444. The van der Waals surface area contributed by atoms with Crippen LogP contribution in [0.5, 0.6) is 0 Å². The van der Waals surface area contributed by atoms with Gasteiger partial charge in [0.2, 0.25) is 0 Å². The number of rotatable bonds is 7. The number of benzene rings is 3. The summed E-state index contributed by atoms with van der Waals surface area (Å²) in [6, 6.07) is 30.5. The number of hydrogen-bond donors (Lipinski definition) is 0. The van der Waals surface area contributed by atoms with Gasteiger partial charge in [-0.25, -0.2) is 0 Å². The zero-order chi connectivity index (χ0) is 17.5. The van der Waals surface area contributed by atoms with E-state index in [-0.39, 0.29) is 0 Å². The van der Waals surface area contributed by atoms with Gasteiger partial charge < -0.3 is 4.90 Å². The topological polar surface area (TPSA) is 3.24 Å². The highest BCUT2D eigenvalue weighted by molar-refractivity contribution is 7.99. The van der Waals surface area contributed by atoms with Crippen LogP contribution in [-0.2, 0) is 0 Å². The third-order valence-corrected chi connectivity index (χ3v) is 5.34. The summed E-state index contributed by atoms with van der Waals surface area (Å²) in [4.78, 5) is 4.83. The van der Waals surface area contributed by atoms with Crippen LogP contribution in [0.25, 0.3) is 0 Å². The highest BCUT2D eigenvalue weighted by Gasteiger charge is 2.14. The fraction of sp³-hybridized carbons (Fsp3) is 0.217. The van der Waals surface area contributed by atoms with E-state index in [1.807, 2.05) is 11.8 Å². The van der Waals surface area contributed by atoms with Gasteiger partial charge in [0, 0.05) is 15.7 Å². The zero-order valence-electron chi connectivity index (χ0n) is 14.9. The molecule has 128 valence electrons. The van der Waals surface area contributed by atoms with Crippen LogP contribution in [0.1, 0.15) is 23.5 Å². The molecule has 0 aliphatic rings. The molecule has 0 fully saturated rings. The van der Waals surface area contributed by atoms with Crippen molar-refractivity contribution >= 4 is 11.8 Å². The van der Waals surface area contributed by atoms with Gasteiger partial charge in [0.1, 0.15) is 0 Å². The lowest BCUT2D eigenvalue weighted by Crippen LogP contribution is -2.16. The third-order valence-electron chi connectivity index (χ3n) is 4.33. The molecule has 0 saturated heterocycles. The summed E-state index contributed by atoms with van der Waals surface area (Å²) < 4.78 is 0. The van der Waals surface area contributed by atoms with Crippen molar-refractivity contribution in [1.29, 1.82) is 0 Å². The highest BCUT2D eigenvalue weighted by atomic mass is 32.2. The molecule has 1 nitrogen and oxygen atoms in total. The van der Waals surface area contributed by atoms with E-state index >= 15 is 0 Å². The second-order valence-corrected chi connectivity index (χ2v) is 7.69. The molecule has 3 aromatic carbocycles. The second-order valence-electron chi connectivity index (χ2n) is 6.54. The third kappa shape index (κ3) is 5.22. The largest absolute Gasteiger partial charge is 0.309 e. The molecular formula is C23H25NS. The van der Waals surface area contributed by atoms with Gasteiger partial charge in [0.15, 0.2) is 0 Å². The first-order valence-corrected chi connectivity index (χ1v) is 9.56. The molecule has 3 aromatic rings. The van der Waals surface area contributed by atoms with Crippen LogP contribution in [0, 0.1) is 0 Å². The SMILES string of the molecule is CN(C)CCC(c1ccccc1)c1ccc(Sc2ccccc2)cc1. The van der Waals surface area contributed by atoms with E-state index in [0.717, 1.165) is 13.0 Å². The standard InChI is InChI=1S/C23H25NS/c1-24(2)18-17-23(19-9-5-3-6-10-19)20-13-15-22(16-14-20)25-21-11-7-4-8-12-21/h3-16,23H,17-18H2,1-2H3. The summed E-state index contributed by atoms with van der Waals surface area (Å²) in [5, 5.41) is 0. The Kier molecular flexibility index (Phi) is 6.32. The number of hydrogen-bond acceptors (Lipinski definition) is 2. The van der Waals surface area contributed by atoms with Crippen molar-refractivity contribution in [2.24, 2.45) is 0 Å². The van der Waals surface area contributed by atoms with Gasteiger partial charge in [-0.2, -0.15) is 0 Å². The molecule has 0 aromatic heterocycles. The van der Waals surface area contributed by atoms with E-state index < -0.39 is 0 Å². The smallest absolute Gasteiger partial charge is 0.0122 e. The first-order valence-electron chi connectivity index (χ1n) is 8.75. The molecule has 0 spiro atoms. The highest BCUT2D eigenvalue weighted by Crippen LogP contribution is 2.32. The Morgan fingerprint density at radius 1 is 0.680 bits per heavy atom. The Labute approximate surface area is 155 Å². The molecular weight excluding hydrogens is 322 g/mol. The summed E-state index contributed by atoms with van der Waals surface area (Å²) in [5.41, 5.74) is 2.79. The lowest BCUT2D eigenvalue weighted by molar-refractivity contribution is 0.390. The fourth-order valence-corrected chi connectivity index (χ4v) is 3.83. The zero-order valence-corrected chi connectivity index (χ0v) is 15.7. The normalized spacial score (nSPS) is 12.3. The van der Waals surface area contributed by atoms with Crippen molar-refractivity contribution < 1.29 is 0 Å². The first kappa shape index (κ1) is 17.8.